The van der Waals surface area contributed by atoms with E-state index in [0.717, 1.165) is 0 Å². The minimum Gasteiger partial charge on any atom is -0.497 e. The zero-order valence-electron chi connectivity index (χ0n) is 8.79. The average Bonchev–Trinajstić information content (AvgIpc) is 2.30. The first-order valence-electron chi connectivity index (χ1n) is 4.90. The van der Waals surface area contributed by atoms with Gasteiger partial charge in [-0.25, -0.2) is 9.82 Å². The van der Waals surface area contributed by atoms with Crippen molar-refractivity contribution in [3.05, 3.63) is 29.6 Å². The Kier molecular flexibility index (Phi) is 2.85. The van der Waals surface area contributed by atoms with Gasteiger partial charge < -0.3 is 4.74 Å². The predicted molar refractivity (Wildman–Crippen MR) is 56.9 cm³/mol. The molecule has 0 bridgehead atoms. The number of nitrogens with zero attached hydrogens (tertiary/aromatic N) is 1. The quantitative estimate of drug-likeness (QED) is 0.823. The number of carbonyl (C=O) groups excluding carboxylic acids is 1. The number of amides is 1. The molecule has 0 unspecified atom stereocenters. The molecule has 0 saturated carbocycles. The van der Waals surface area contributed by atoms with Gasteiger partial charge in [-0.05, 0) is 12.1 Å². The standard InChI is InChI=1S/C11H11FN2O2/c1-16-7-2-3-8(9(12)6-7)10-4-5-11(15)14-13-10/h2-3,6H,4-5H2,1H3,(H,14,15). The molecule has 2 rings (SSSR count). The molecule has 0 spiro atoms. The van der Waals surface area contributed by atoms with Gasteiger partial charge in [-0.15, -0.1) is 0 Å². The van der Waals surface area contributed by atoms with Gasteiger partial charge in [0.05, 0.1) is 12.8 Å². The Hall–Kier alpha value is -1.91. The molecule has 0 atom stereocenters. The van der Waals surface area contributed by atoms with Crippen molar-refractivity contribution in [3.8, 4) is 5.75 Å². The van der Waals surface area contributed by atoms with Crippen LogP contribution in [0.3, 0.4) is 0 Å². The summed E-state index contributed by atoms with van der Waals surface area (Å²) in [4.78, 5) is 10.9. The van der Waals surface area contributed by atoms with Gasteiger partial charge in [-0.1, -0.05) is 0 Å². The van der Waals surface area contributed by atoms with Crippen molar-refractivity contribution in [2.45, 2.75) is 12.8 Å². The number of halogens is 1. The van der Waals surface area contributed by atoms with E-state index in [4.69, 9.17) is 4.74 Å². The van der Waals surface area contributed by atoms with Crippen LogP contribution in [0.1, 0.15) is 18.4 Å². The van der Waals surface area contributed by atoms with E-state index in [1.54, 1.807) is 12.1 Å². The lowest BCUT2D eigenvalue weighted by molar-refractivity contribution is -0.121. The van der Waals surface area contributed by atoms with E-state index >= 15 is 0 Å². The van der Waals surface area contributed by atoms with Crippen LogP contribution in [0, 0.1) is 5.82 Å². The lowest BCUT2D eigenvalue weighted by Gasteiger charge is -2.13. The van der Waals surface area contributed by atoms with E-state index in [1.807, 2.05) is 0 Å². The molecule has 1 heterocycles. The molecule has 0 saturated heterocycles. The van der Waals surface area contributed by atoms with Crippen molar-refractivity contribution in [3.63, 3.8) is 0 Å². The number of methoxy groups -OCH3 is 1. The van der Waals surface area contributed by atoms with Crippen molar-refractivity contribution in [2.75, 3.05) is 7.11 Å². The molecule has 0 fully saturated rings. The summed E-state index contributed by atoms with van der Waals surface area (Å²) in [5.41, 5.74) is 3.30. The zero-order chi connectivity index (χ0) is 11.5. The molecule has 1 N–H and O–H groups in total. The Morgan fingerprint density at radius 1 is 1.44 bits per heavy atom. The molecule has 1 amide bonds. The van der Waals surface area contributed by atoms with Crippen LogP contribution in [0.5, 0.6) is 5.75 Å². The van der Waals surface area contributed by atoms with Crippen molar-refractivity contribution < 1.29 is 13.9 Å². The van der Waals surface area contributed by atoms with Gasteiger partial charge in [-0.3, -0.25) is 4.79 Å². The van der Waals surface area contributed by atoms with E-state index < -0.39 is 5.82 Å². The molecule has 1 aromatic carbocycles. The molecule has 4 nitrogen and oxygen atoms in total. The number of hydrazone groups is 1. The lowest BCUT2D eigenvalue weighted by atomic mass is 10.0. The summed E-state index contributed by atoms with van der Waals surface area (Å²) in [7, 11) is 1.48. The first-order valence-corrected chi connectivity index (χ1v) is 4.90. The summed E-state index contributed by atoms with van der Waals surface area (Å²) in [5, 5.41) is 3.83. The molecular formula is C11H11FN2O2. The van der Waals surface area contributed by atoms with Crippen molar-refractivity contribution in [1.82, 2.24) is 5.43 Å². The van der Waals surface area contributed by atoms with Gasteiger partial charge in [-0.2, -0.15) is 5.10 Å². The van der Waals surface area contributed by atoms with Gasteiger partial charge in [0.15, 0.2) is 0 Å². The minimum absolute atomic E-state index is 0.141. The molecule has 16 heavy (non-hydrogen) atoms. The van der Waals surface area contributed by atoms with Gasteiger partial charge in [0.2, 0.25) is 5.91 Å². The molecule has 1 aliphatic heterocycles. The number of ether oxygens (including phenoxy) is 1. The topological polar surface area (TPSA) is 50.7 Å². The third-order valence-electron chi connectivity index (χ3n) is 2.39. The maximum absolute atomic E-state index is 13.6. The van der Waals surface area contributed by atoms with Gasteiger partial charge in [0, 0.05) is 24.5 Å². The number of hydrogen-bond donors (Lipinski definition) is 1. The Balaban J connectivity index is 2.30. The lowest BCUT2D eigenvalue weighted by Crippen LogP contribution is -2.26. The SMILES string of the molecule is COc1ccc(C2=NNC(=O)CC2)c(F)c1. The summed E-state index contributed by atoms with van der Waals surface area (Å²) in [5.74, 6) is -0.0754. The number of carbonyl (C=O) groups is 1. The van der Waals surface area contributed by atoms with Crippen LogP contribution in [0.15, 0.2) is 23.3 Å². The van der Waals surface area contributed by atoms with Crippen LogP contribution < -0.4 is 10.2 Å². The number of benzene rings is 1. The zero-order valence-corrected chi connectivity index (χ0v) is 8.79. The minimum atomic E-state index is -0.394. The molecule has 0 aromatic heterocycles. The monoisotopic (exact) mass is 222 g/mol. The van der Waals surface area contributed by atoms with E-state index in [2.05, 4.69) is 10.5 Å². The van der Waals surface area contributed by atoms with E-state index in [9.17, 15) is 9.18 Å². The number of hydrogen-bond acceptors (Lipinski definition) is 3. The normalized spacial score (nSPS) is 15.4. The highest BCUT2D eigenvalue weighted by atomic mass is 19.1. The average molecular weight is 222 g/mol. The Morgan fingerprint density at radius 2 is 2.25 bits per heavy atom. The molecule has 0 aliphatic carbocycles. The molecule has 84 valence electrons. The Morgan fingerprint density at radius 3 is 2.81 bits per heavy atom. The predicted octanol–water partition coefficient (Wildman–Crippen LogP) is 1.45. The summed E-state index contributed by atoms with van der Waals surface area (Å²) in [6.45, 7) is 0. The van der Waals surface area contributed by atoms with Gasteiger partial charge in [0.1, 0.15) is 11.6 Å². The van der Waals surface area contributed by atoms with E-state index in [1.165, 1.54) is 13.2 Å². The molecular weight excluding hydrogens is 211 g/mol. The first-order chi connectivity index (χ1) is 7.70. The first kappa shape index (κ1) is 10.6. The largest absolute Gasteiger partial charge is 0.497 e. The van der Waals surface area contributed by atoms with Crippen LogP contribution in [-0.2, 0) is 4.79 Å². The molecule has 5 heteroatoms. The fraction of sp³-hybridized carbons (Fsp3) is 0.273. The van der Waals surface area contributed by atoms with Crippen molar-refractivity contribution >= 4 is 11.6 Å². The van der Waals surface area contributed by atoms with Gasteiger partial charge >= 0.3 is 0 Å². The summed E-state index contributed by atoms with van der Waals surface area (Å²) in [6.07, 6.45) is 0.791. The summed E-state index contributed by atoms with van der Waals surface area (Å²) in [6, 6.07) is 4.57. The highest BCUT2D eigenvalue weighted by molar-refractivity contribution is 6.04. The summed E-state index contributed by atoms with van der Waals surface area (Å²) < 4.78 is 18.6. The highest BCUT2D eigenvalue weighted by Crippen LogP contribution is 2.19. The third-order valence-corrected chi connectivity index (χ3v) is 2.39. The smallest absolute Gasteiger partial charge is 0.240 e. The van der Waals surface area contributed by atoms with Crippen LogP contribution in [0.4, 0.5) is 4.39 Å². The fourth-order valence-electron chi connectivity index (χ4n) is 1.53. The van der Waals surface area contributed by atoms with E-state index in [0.29, 0.717) is 29.9 Å². The van der Waals surface area contributed by atoms with Crippen LogP contribution in [0.2, 0.25) is 0 Å². The van der Waals surface area contributed by atoms with Crippen LogP contribution in [-0.4, -0.2) is 18.7 Å². The highest BCUT2D eigenvalue weighted by Gasteiger charge is 2.16. The Labute approximate surface area is 92.1 Å². The fourth-order valence-corrected chi connectivity index (χ4v) is 1.53. The maximum Gasteiger partial charge on any atom is 0.240 e. The van der Waals surface area contributed by atoms with Crippen molar-refractivity contribution in [2.24, 2.45) is 5.10 Å². The second-order valence-corrected chi connectivity index (χ2v) is 3.44. The number of rotatable bonds is 2. The number of nitrogens with one attached hydrogen (secondary N) is 1. The maximum atomic E-state index is 13.6. The molecule has 1 aliphatic rings. The van der Waals surface area contributed by atoms with Crippen LogP contribution in [0.25, 0.3) is 0 Å². The van der Waals surface area contributed by atoms with Gasteiger partial charge in [0.25, 0.3) is 0 Å². The van der Waals surface area contributed by atoms with Crippen molar-refractivity contribution in [1.29, 1.82) is 0 Å². The molecule has 1 aromatic rings. The summed E-state index contributed by atoms with van der Waals surface area (Å²) >= 11 is 0. The molecule has 0 radical (unpaired) electrons. The third kappa shape index (κ3) is 2.03. The van der Waals surface area contributed by atoms with Crippen LogP contribution >= 0.6 is 0 Å². The Bertz CT molecular complexity index is 457. The second-order valence-electron chi connectivity index (χ2n) is 3.44. The second kappa shape index (κ2) is 4.30. The van der Waals surface area contributed by atoms with E-state index in [-0.39, 0.29) is 5.91 Å².